The molecule has 18 heavy (non-hydrogen) atoms. The summed E-state index contributed by atoms with van der Waals surface area (Å²) in [7, 11) is 0. The van der Waals surface area contributed by atoms with Crippen LogP contribution in [-0.2, 0) is 6.54 Å². The molecule has 2 aliphatic rings. The molecule has 0 aromatic carbocycles. The summed E-state index contributed by atoms with van der Waals surface area (Å²) in [5.74, 6) is 0.793. The SMILES string of the molecule is CC1CCCCCC1n1cncc1CNC1CC1. The Hall–Kier alpha value is -0.830. The smallest absolute Gasteiger partial charge is 0.0951 e. The molecule has 1 heterocycles. The third-order valence-electron chi connectivity index (χ3n) is 4.57. The van der Waals surface area contributed by atoms with Crippen LogP contribution in [0.25, 0.3) is 0 Å². The van der Waals surface area contributed by atoms with Crippen molar-refractivity contribution in [1.29, 1.82) is 0 Å². The van der Waals surface area contributed by atoms with Crippen molar-refractivity contribution in [3.63, 3.8) is 0 Å². The quantitative estimate of drug-likeness (QED) is 0.828. The van der Waals surface area contributed by atoms with Crippen LogP contribution in [0.2, 0.25) is 0 Å². The molecule has 1 aromatic heterocycles. The monoisotopic (exact) mass is 247 g/mol. The van der Waals surface area contributed by atoms with Gasteiger partial charge in [0.15, 0.2) is 0 Å². The van der Waals surface area contributed by atoms with Crippen molar-refractivity contribution >= 4 is 0 Å². The summed E-state index contributed by atoms with van der Waals surface area (Å²) in [6, 6.07) is 1.45. The Balaban J connectivity index is 1.70. The van der Waals surface area contributed by atoms with Gasteiger partial charge < -0.3 is 9.88 Å². The van der Waals surface area contributed by atoms with Gasteiger partial charge in [-0.1, -0.05) is 26.2 Å². The lowest BCUT2D eigenvalue weighted by Gasteiger charge is -2.25. The highest BCUT2D eigenvalue weighted by Crippen LogP contribution is 2.33. The fraction of sp³-hybridized carbons (Fsp3) is 0.800. The van der Waals surface area contributed by atoms with E-state index in [9.17, 15) is 0 Å². The maximum Gasteiger partial charge on any atom is 0.0951 e. The first-order valence-corrected chi connectivity index (χ1v) is 7.58. The van der Waals surface area contributed by atoms with Crippen LogP contribution >= 0.6 is 0 Å². The molecule has 2 atom stereocenters. The van der Waals surface area contributed by atoms with E-state index in [4.69, 9.17) is 0 Å². The van der Waals surface area contributed by atoms with E-state index < -0.39 is 0 Å². The van der Waals surface area contributed by atoms with E-state index in [0.717, 1.165) is 18.5 Å². The standard InChI is InChI=1S/C15H25N3/c1-12-5-3-2-4-6-15(12)18-11-16-9-14(18)10-17-13-7-8-13/h9,11-13,15,17H,2-8,10H2,1H3. The van der Waals surface area contributed by atoms with Crippen LogP contribution in [0.3, 0.4) is 0 Å². The van der Waals surface area contributed by atoms with Gasteiger partial charge >= 0.3 is 0 Å². The highest BCUT2D eigenvalue weighted by atomic mass is 15.1. The van der Waals surface area contributed by atoms with Crippen LogP contribution in [-0.4, -0.2) is 15.6 Å². The molecular formula is C15H25N3. The van der Waals surface area contributed by atoms with Crippen molar-refractivity contribution in [2.45, 2.75) is 70.5 Å². The lowest BCUT2D eigenvalue weighted by molar-refractivity contribution is 0.325. The maximum atomic E-state index is 4.38. The number of imidazole rings is 1. The van der Waals surface area contributed by atoms with E-state index in [2.05, 4.69) is 28.1 Å². The van der Waals surface area contributed by atoms with E-state index in [1.165, 1.54) is 50.6 Å². The van der Waals surface area contributed by atoms with Gasteiger partial charge in [-0.2, -0.15) is 0 Å². The predicted octanol–water partition coefficient (Wildman–Crippen LogP) is 3.28. The highest BCUT2D eigenvalue weighted by molar-refractivity contribution is 5.02. The van der Waals surface area contributed by atoms with Gasteiger partial charge in [-0.15, -0.1) is 0 Å². The van der Waals surface area contributed by atoms with Crippen molar-refractivity contribution in [3.05, 3.63) is 18.2 Å². The first-order valence-electron chi connectivity index (χ1n) is 7.58. The molecule has 2 unspecified atom stereocenters. The number of nitrogens with zero attached hydrogens (tertiary/aromatic N) is 2. The molecule has 0 spiro atoms. The molecule has 0 amide bonds. The Labute approximate surface area is 110 Å². The average Bonchev–Trinajstić information content (AvgIpc) is 3.13. The minimum Gasteiger partial charge on any atom is -0.330 e. The zero-order chi connectivity index (χ0) is 12.4. The second-order valence-corrected chi connectivity index (χ2v) is 6.13. The fourth-order valence-corrected chi connectivity index (χ4v) is 3.19. The van der Waals surface area contributed by atoms with Crippen LogP contribution in [0.5, 0.6) is 0 Å². The molecule has 3 rings (SSSR count). The molecule has 3 heteroatoms. The van der Waals surface area contributed by atoms with Gasteiger partial charge in [-0.3, -0.25) is 0 Å². The van der Waals surface area contributed by atoms with E-state index in [-0.39, 0.29) is 0 Å². The molecule has 2 aliphatic carbocycles. The highest BCUT2D eigenvalue weighted by Gasteiger charge is 2.24. The summed E-state index contributed by atoms with van der Waals surface area (Å²) in [6.07, 6.45) is 13.7. The van der Waals surface area contributed by atoms with Gasteiger partial charge in [-0.25, -0.2) is 4.98 Å². The normalized spacial score (nSPS) is 29.2. The summed E-state index contributed by atoms with van der Waals surface area (Å²) < 4.78 is 2.45. The molecule has 0 aliphatic heterocycles. The van der Waals surface area contributed by atoms with Gasteiger partial charge in [0.2, 0.25) is 0 Å². The fourth-order valence-electron chi connectivity index (χ4n) is 3.19. The molecule has 1 N–H and O–H groups in total. The van der Waals surface area contributed by atoms with Crippen LogP contribution in [0.4, 0.5) is 0 Å². The Morgan fingerprint density at radius 3 is 2.89 bits per heavy atom. The molecule has 1 aromatic rings. The topological polar surface area (TPSA) is 29.9 Å². The molecule has 0 bridgehead atoms. The van der Waals surface area contributed by atoms with Crippen molar-refractivity contribution in [2.24, 2.45) is 5.92 Å². The maximum absolute atomic E-state index is 4.38. The lowest BCUT2D eigenvalue weighted by atomic mass is 9.96. The molecule has 2 saturated carbocycles. The average molecular weight is 247 g/mol. The first-order chi connectivity index (χ1) is 8.84. The Morgan fingerprint density at radius 2 is 2.06 bits per heavy atom. The van der Waals surface area contributed by atoms with Crippen LogP contribution in [0.1, 0.15) is 63.6 Å². The zero-order valence-corrected chi connectivity index (χ0v) is 11.4. The van der Waals surface area contributed by atoms with Crippen molar-refractivity contribution in [2.75, 3.05) is 0 Å². The Kier molecular flexibility index (Phi) is 3.69. The van der Waals surface area contributed by atoms with E-state index >= 15 is 0 Å². The van der Waals surface area contributed by atoms with Crippen molar-refractivity contribution in [1.82, 2.24) is 14.9 Å². The third kappa shape index (κ3) is 2.77. The summed E-state index contributed by atoms with van der Waals surface area (Å²) >= 11 is 0. The summed E-state index contributed by atoms with van der Waals surface area (Å²) in [5, 5.41) is 3.61. The molecular weight excluding hydrogens is 222 g/mol. The van der Waals surface area contributed by atoms with Crippen molar-refractivity contribution < 1.29 is 0 Å². The lowest BCUT2D eigenvalue weighted by Crippen LogP contribution is -2.22. The number of hydrogen-bond donors (Lipinski definition) is 1. The van der Waals surface area contributed by atoms with Crippen LogP contribution in [0.15, 0.2) is 12.5 Å². The zero-order valence-electron chi connectivity index (χ0n) is 11.4. The molecule has 3 nitrogen and oxygen atoms in total. The third-order valence-corrected chi connectivity index (χ3v) is 4.57. The Bertz CT molecular complexity index is 381. The van der Waals surface area contributed by atoms with Crippen LogP contribution < -0.4 is 5.32 Å². The van der Waals surface area contributed by atoms with E-state index in [0.29, 0.717) is 6.04 Å². The Morgan fingerprint density at radius 1 is 1.22 bits per heavy atom. The summed E-state index contributed by atoms with van der Waals surface area (Å²) in [4.78, 5) is 4.38. The molecule has 0 saturated heterocycles. The van der Waals surface area contributed by atoms with Crippen LogP contribution in [0, 0.1) is 5.92 Å². The summed E-state index contributed by atoms with van der Waals surface area (Å²) in [5.41, 5.74) is 1.38. The molecule has 2 fully saturated rings. The minimum atomic E-state index is 0.672. The summed E-state index contributed by atoms with van der Waals surface area (Å²) in [6.45, 7) is 3.40. The van der Waals surface area contributed by atoms with Gasteiger partial charge in [0, 0.05) is 24.8 Å². The predicted molar refractivity (Wildman–Crippen MR) is 73.4 cm³/mol. The number of aromatic nitrogens is 2. The van der Waals surface area contributed by atoms with Gasteiger partial charge in [0.1, 0.15) is 0 Å². The van der Waals surface area contributed by atoms with E-state index in [1.807, 2.05) is 6.20 Å². The van der Waals surface area contributed by atoms with Crippen molar-refractivity contribution in [3.8, 4) is 0 Å². The first kappa shape index (κ1) is 12.2. The minimum absolute atomic E-state index is 0.672. The second kappa shape index (κ2) is 5.43. The van der Waals surface area contributed by atoms with Gasteiger partial charge in [0.25, 0.3) is 0 Å². The largest absolute Gasteiger partial charge is 0.330 e. The molecule has 0 radical (unpaired) electrons. The second-order valence-electron chi connectivity index (χ2n) is 6.13. The number of rotatable bonds is 4. The van der Waals surface area contributed by atoms with Gasteiger partial charge in [0.05, 0.1) is 12.0 Å². The van der Waals surface area contributed by atoms with Gasteiger partial charge in [-0.05, 0) is 31.6 Å². The van der Waals surface area contributed by atoms with E-state index in [1.54, 1.807) is 0 Å². The molecule has 100 valence electrons. The number of hydrogen-bond acceptors (Lipinski definition) is 2. The number of nitrogens with one attached hydrogen (secondary N) is 1.